The number of nitrogens with zero attached hydrogens (tertiary/aromatic N) is 3. The van der Waals surface area contributed by atoms with Crippen molar-refractivity contribution in [3.63, 3.8) is 0 Å². The molecule has 0 aliphatic carbocycles. The highest BCUT2D eigenvalue weighted by Gasteiger charge is 2.33. The average molecular weight is 416 g/mol. The van der Waals surface area contributed by atoms with Gasteiger partial charge in [0.25, 0.3) is 5.91 Å². The highest BCUT2D eigenvalue weighted by atomic mass is 35.5. The predicted octanol–water partition coefficient (Wildman–Crippen LogP) is 3.94. The molecule has 2 aromatic carbocycles. The van der Waals surface area contributed by atoms with Crippen LogP contribution in [0.3, 0.4) is 0 Å². The Kier molecular flexibility index (Phi) is 4.46. The van der Waals surface area contributed by atoms with Crippen molar-refractivity contribution in [2.24, 2.45) is 14.1 Å². The molecule has 1 amide bonds. The van der Waals surface area contributed by atoms with Gasteiger partial charge >= 0.3 is 5.69 Å². The van der Waals surface area contributed by atoms with Crippen molar-refractivity contribution in [3.8, 4) is 0 Å². The molecule has 0 unspecified atom stereocenters. The molecule has 1 aliphatic rings. The maximum atomic E-state index is 12.9. The van der Waals surface area contributed by atoms with Crippen LogP contribution in [0.25, 0.3) is 17.1 Å². The number of imidazole rings is 1. The Morgan fingerprint density at radius 3 is 2.52 bits per heavy atom. The number of thioether (sulfide) groups is 1. The van der Waals surface area contributed by atoms with Crippen LogP contribution < -0.4 is 10.6 Å². The van der Waals surface area contributed by atoms with Crippen LogP contribution in [-0.2, 0) is 18.9 Å². The third-order valence-corrected chi connectivity index (χ3v) is 5.99. The summed E-state index contributed by atoms with van der Waals surface area (Å²) < 4.78 is 3.64. The Balaban J connectivity index is 1.74. The minimum atomic E-state index is -0.186. The topological polar surface area (TPSA) is 47.2 Å². The monoisotopic (exact) mass is 415 g/mol. The summed E-state index contributed by atoms with van der Waals surface area (Å²) in [6.07, 6.45) is 1.79. The summed E-state index contributed by atoms with van der Waals surface area (Å²) in [5, 5.41) is 0.543. The largest absolute Gasteiger partial charge is 0.328 e. The fraction of sp³-hybridized carbons (Fsp3) is 0.105. The second-order valence-corrected chi connectivity index (χ2v) is 8.26. The lowest BCUT2D eigenvalue weighted by Gasteiger charge is -2.14. The number of rotatable bonds is 2. The summed E-state index contributed by atoms with van der Waals surface area (Å²) in [6.45, 7) is 0. The minimum Gasteiger partial charge on any atom is -0.295 e. The van der Waals surface area contributed by atoms with E-state index in [0.717, 1.165) is 16.6 Å². The minimum absolute atomic E-state index is 0.0885. The molecule has 0 saturated carbocycles. The summed E-state index contributed by atoms with van der Waals surface area (Å²) in [5.41, 5.74) is 3.03. The molecule has 136 valence electrons. The van der Waals surface area contributed by atoms with Crippen LogP contribution in [0, 0.1) is 0 Å². The number of fused-ring (bicyclic) bond motifs is 1. The van der Waals surface area contributed by atoms with Crippen molar-refractivity contribution in [2.45, 2.75) is 0 Å². The molecule has 5 nitrogen and oxygen atoms in total. The van der Waals surface area contributed by atoms with Gasteiger partial charge in [0, 0.05) is 19.1 Å². The Hall–Kier alpha value is -2.35. The highest BCUT2D eigenvalue weighted by molar-refractivity contribution is 8.27. The maximum Gasteiger partial charge on any atom is 0.328 e. The summed E-state index contributed by atoms with van der Waals surface area (Å²) in [7, 11) is 3.47. The molecule has 2 heterocycles. The van der Waals surface area contributed by atoms with E-state index in [9.17, 15) is 9.59 Å². The smallest absolute Gasteiger partial charge is 0.295 e. The highest BCUT2D eigenvalue weighted by Crippen LogP contribution is 2.36. The average Bonchev–Trinajstić information content (AvgIpc) is 3.03. The Morgan fingerprint density at radius 1 is 1.04 bits per heavy atom. The molecular weight excluding hydrogens is 402 g/mol. The molecule has 1 fully saturated rings. The van der Waals surface area contributed by atoms with Crippen LogP contribution >= 0.6 is 35.6 Å². The zero-order valence-electron chi connectivity index (χ0n) is 14.5. The Labute approximate surface area is 169 Å². The van der Waals surface area contributed by atoms with Crippen LogP contribution in [0.15, 0.2) is 52.2 Å². The molecule has 8 heteroatoms. The van der Waals surface area contributed by atoms with Crippen molar-refractivity contribution < 1.29 is 4.79 Å². The van der Waals surface area contributed by atoms with Gasteiger partial charge in [-0.15, -0.1) is 0 Å². The molecule has 0 spiro atoms. The summed E-state index contributed by atoms with van der Waals surface area (Å²) in [6, 6.07) is 12.7. The molecule has 4 rings (SSSR count). The van der Waals surface area contributed by atoms with E-state index in [4.69, 9.17) is 23.8 Å². The van der Waals surface area contributed by atoms with Crippen LogP contribution in [0.2, 0.25) is 5.02 Å². The van der Waals surface area contributed by atoms with Gasteiger partial charge in [0.2, 0.25) is 0 Å². The van der Waals surface area contributed by atoms with E-state index >= 15 is 0 Å². The van der Waals surface area contributed by atoms with Crippen LogP contribution in [-0.4, -0.2) is 19.4 Å². The van der Waals surface area contributed by atoms with Crippen LogP contribution in [0.5, 0.6) is 0 Å². The maximum absolute atomic E-state index is 12.9. The van der Waals surface area contributed by atoms with Gasteiger partial charge < -0.3 is 0 Å². The Bertz CT molecular complexity index is 1210. The van der Waals surface area contributed by atoms with Gasteiger partial charge in [-0.25, -0.2) is 4.79 Å². The molecule has 3 aromatic rings. The van der Waals surface area contributed by atoms with Crippen molar-refractivity contribution in [2.75, 3.05) is 4.90 Å². The van der Waals surface area contributed by atoms with E-state index in [0.29, 0.717) is 19.9 Å². The number of halogens is 1. The molecular formula is C19H14ClN3O2S2. The summed E-state index contributed by atoms with van der Waals surface area (Å²) in [4.78, 5) is 27.0. The van der Waals surface area contributed by atoms with E-state index in [1.54, 1.807) is 53.6 Å². The Morgan fingerprint density at radius 2 is 1.78 bits per heavy atom. The molecule has 0 atom stereocenters. The quantitative estimate of drug-likeness (QED) is 0.470. The van der Waals surface area contributed by atoms with Crippen LogP contribution in [0.1, 0.15) is 5.56 Å². The lowest BCUT2D eigenvalue weighted by Crippen LogP contribution is -2.27. The standard InChI is InChI=1S/C19H14ClN3O2S2/c1-21-14-7-6-11(8-15(14)22(2)18(21)25)9-16-17(24)23(19(26)27-16)13-5-3-4-12(20)10-13/h3-10H,1-2H3/b16-9-. The molecule has 1 aromatic heterocycles. The normalized spacial score (nSPS) is 16.1. The number of carbonyl (C=O) groups is 1. The van der Waals surface area contributed by atoms with Gasteiger partial charge in [-0.05, 0) is 42.0 Å². The number of aryl methyl sites for hydroxylation is 2. The molecule has 27 heavy (non-hydrogen) atoms. The number of aromatic nitrogens is 2. The SMILES string of the molecule is Cn1c(=O)n(C)c2cc(/C=C3\SC(=S)N(c4cccc(Cl)c4)C3=O)ccc21. The number of carbonyl (C=O) groups excluding carboxylic acids is 1. The number of amides is 1. The van der Waals surface area contributed by atoms with E-state index in [2.05, 4.69) is 0 Å². The van der Waals surface area contributed by atoms with E-state index < -0.39 is 0 Å². The third-order valence-electron chi connectivity index (χ3n) is 4.45. The van der Waals surface area contributed by atoms with Gasteiger partial charge in [-0.3, -0.25) is 18.8 Å². The number of anilines is 1. The number of benzene rings is 2. The van der Waals surface area contributed by atoms with Crippen molar-refractivity contribution >= 4 is 68.6 Å². The van der Waals surface area contributed by atoms with Crippen molar-refractivity contribution in [1.82, 2.24) is 9.13 Å². The van der Waals surface area contributed by atoms with Gasteiger partial charge in [-0.1, -0.05) is 47.7 Å². The molecule has 0 N–H and O–H groups in total. The van der Waals surface area contributed by atoms with E-state index in [1.165, 1.54) is 16.7 Å². The first-order valence-electron chi connectivity index (χ1n) is 8.06. The van der Waals surface area contributed by atoms with Gasteiger partial charge in [0.05, 0.1) is 21.6 Å². The summed E-state index contributed by atoms with van der Waals surface area (Å²) >= 11 is 12.7. The number of hydrogen-bond acceptors (Lipinski definition) is 4. The first kappa shape index (κ1) is 18.0. The number of thiocarbonyl (C=S) groups is 1. The van der Waals surface area contributed by atoms with Gasteiger partial charge in [-0.2, -0.15) is 0 Å². The lowest BCUT2D eigenvalue weighted by molar-refractivity contribution is -0.113. The fourth-order valence-corrected chi connectivity index (χ4v) is 4.55. The molecule has 0 radical (unpaired) electrons. The molecule has 1 aliphatic heterocycles. The second-order valence-electron chi connectivity index (χ2n) is 6.15. The molecule has 0 bridgehead atoms. The lowest BCUT2D eigenvalue weighted by atomic mass is 10.1. The fourth-order valence-electron chi connectivity index (χ4n) is 3.07. The third kappa shape index (κ3) is 3.01. The summed E-state index contributed by atoms with van der Waals surface area (Å²) in [5.74, 6) is -0.186. The van der Waals surface area contributed by atoms with Crippen molar-refractivity contribution in [3.05, 3.63) is 68.4 Å². The van der Waals surface area contributed by atoms with Crippen LogP contribution in [0.4, 0.5) is 5.69 Å². The number of hydrogen-bond donors (Lipinski definition) is 0. The van der Waals surface area contributed by atoms with Crippen molar-refractivity contribution in [1.29, 1.82) is 0 Å². The first-order valence-corrected chi connectivity index (χ1v) is 9.66. The first-order chi connectivity index (χ1) is 12.9. The predicted molar refractivity (Wildman–Crippen MR) is 115 cm³/mol. The zero-order chi connectivity index (χ0) is 19.3. The van der Waals surface area contributed by atoms with E-state index in [-0.39, 0.29) is 11.6 Å². The van der Waals surface area contributed by atoms with Gasteiger partial charge in [0.1, 0.15) is 0 Å². The zero-order valence-corrected chi connectivity index (χ0v) is 16.9. The van der Waals surface area contributed by atoms with Gasteiger partial charge in [0.15, 0.2) is 4.32 Å². The second kappa shape index (κ2) is 6.67. The van der Waals surface area contributed by atoms with E-state index in [1.807, 2.05) is 18.2 Å². The molecule has 1 saturated heterocycles.